The Balaban J connectivity index is 2.40. The van der Waals surface area contributed by atoms with E-state index in [-0.39, 0.29) is 17.3 Å². The Bertz CT molecular complexity index is 808. The van der Waals surface area contributed by atoms with Crippen molar-refractivity contribution in [3.8, 4) is 11.8 Å². The second-order valence-electron chi connectivity index (χ2n) is 4.93. The molecule has 5 heteroatoms. The van der Waals surface area contributed by atoms with Gasteiger partial charge < -0.3 is 5.73 Å². The van der Waals surface area contributed by atoms with E-state index in [0.29, 0.717) is 22.4 Å². The minimum atomic E-state index is -0.0188. The largest absolute Gasteiger partial charge is 0.383 e. The molecule has 22 heavy (non-hydrogen) atoms. The van der Waals surface area contributed by atoms with Gasteiger partial charge in [-0.15, -0.1) is 0 Å². The van der Waals surface area contributed by atoms with Crippen LogP contribution >= 0.6 is 0 Å². The molecule has 0 bridgehead atoms. The first-order valence-electron chi connectivity index (χ1n) is 6.69. The van der Waals surface area contributed by atoms with Gasteiger partial charge in [0.25, 0.3) is 0 Å². The standard InChI is InChI=1S/C17H16N4O/c1-10-4-5-14(12(3)22)8-13(10)6-7-15(18)16-11(2)20-9-21-17(16)19/h4-5,8-9,18H,1-3H3,(H2,19,20,21). The molecule has 110 valence electrons. The molecule has 1 heterocycles. The zero-order valence-electron chi connectivity index (χ0n) is 12.7. The van der Waals surface area contributed by atoms with Gasteiger partial charge in [0, 0.05) is 11.1 Å². The number of nitrogens with two attached hydrogens (primary N) is 1. The molecule has 1 aromatic heterocycles. The highest BCUT2D eigenvalue weighted by Crippen LogP contribution is 2.13. The van der Waals surface area contributed by atoms with Gasteiger partial charge in [-0.05, 0) is 38.3 Å². The molecule has 1 aromatic carbocycles. The van der Waals surface area contributed by atoms with Crippen molar-refractivity contribution in [3.05, 3.63) is 52.5 Å². The molecule has 0 aliphatic carbocycles. The topological polar surface area (TPSA) is 92.7 Å². The number of hydrogen-bond acceptors (Lipinski definition) is 5. The number of nitrogens with zero attached hydrogens (tertiary/aromatic N) is 2. The van der Waals surface area contributed by atoms with Gasteiger partial charge >= 0.3 is 0 Å². The van der Waals surface area contributed by atoms with Crippen LogP contribution in [0.2, 0.25) is 0 Å². The molecular formula is C17H16N4O. The summed E-state index contributed by atoms with van der Waals surface area (Å²) in [5, 5.41) is 8.07. The summed E-state index contributed by atoms with van der Waals surface area (Å²) in [6, 6.07) is 5.34. The zero-order valence-corrected chi connectivity index (χ0v) is 12.7. The molecule has 0 fully saturated rings. The van der Waals surface area contributed by atoms with E-state index in [0.717, 1.165) is 5.56 Å². The van der Waals surface area contributed by atoms with E-state index in [1.807, 2.05) is 13.0 Å². The fourth-order valence-electron chi connectivity index (χ4n) is 1.97. The summed E-state index contributed by atoms with van der Waals surface area (Å²) in [5.74, 6) is 5.91. The third-order valence-corrected chi connectivity index (χ3v) is 3.28. The molecule has 0 unspecified atom stereocenters. The van der Waals surface area contributed by atoms with Crippen LogP contribution in [-0.4, -0.2) is 21.5 Å². The molecule has 5 nitrogen and oxygen atoms in total. The normalized spacial score (nSPS) is 9.77. The van der Waals surface area contributed by atoms with Crippen LogP contribution in [0, 0.1) is 31.1 Å². The highest BCUT2D eigenvalue weighted by Gasteiger charge is 2.09. The quantitative estimate of drug-likeness (QED) is 0.504. The van der Waals surface area contributed by atoms with E-state index in [9.17, 15) is 4.79 Å². The molecule has 3 N–H and O–H groups in total. The highest BCUT2D eigenvalue weighted by molar-refractivity contribution is 6.14. The number of benzene rings is 1. The monoisotopic (exact) mass is 292 g/mol. The summed E-state index contributed by atoms with van der Waals surface area (Å²) in [5.41, 5.74) is 9.15. The summed E-state index contributed by atoms with van der Waals surface area (Å²) in [6.45, 7) is 5.17. The predicted octanol–water partition coefficient (Wildman–Crippen LogP) is 2.30. The Morgan fingerprint density at radius 3 is 2.64 bits per heavy atom. The number of aryl methyl sites for hydroxylation is 2. The SMILES string of the molecule is CC(=O)c1ccc(C)c(C#CC(=N)c2c(C)ncnc2N)c1. The Kier molecular flexibility index (Phi) is 4.33. The first-order chi connectivity index (χ1) is 10.4. The van der Waals surface area contributed by atoms with E-state index < -0.39 is 0 Å². The number of hydrogen-bond donors (Lipinski definition) is 2. The Morgan fingerprint density at radius 2 is 2.00 bits per heavy atom. The van der Waals surface area contributed by atoms with Crippen LogP contribution in [0.15, 0.2) is 24.5 Å². The van der Waals surface area contributed by atoms with E-state index in [1.165, 1.54) is 13.3 Å². The number of carbonyl (C=O) groups is 1. The van der Waals surface area contributed by atoms with Gasteiger partial charge in [-0.3, -0.25) is 10.2 Å². The summed E-state index contributed by atoms with van der Waals surface area (Å²) in [4.78, 5) is 19.3. The third kappa shape index (κ3) is 3.18. The summed E-state index contributed by atoms with van der Waals surface area (Å²) >= 11 is 0. The Labute approximate surface area is 129 Å². The number of nitrogens with one attached hydrogen (secondary N) is 1. The van der Waals surface area contributed by atoms with E-state index in [4.69, 9.17) is 11.1 Å². The lowest BCUT2D eigenvalue weighted by atomic mass is 10.0. The summed E-state index contributed by atoms with van der Waals surface area (Å²) in [6.07, 6.45) is 1.36. The van der Waals surface area contributed by atoms with Crippen molar-refractivity contribution in [2.45, 2.75) is 20.8 Å². The minimum Gasteiger partial charge on any atom is -0.383 e. The number of nitrogen functional groups attached to an aromatic ring is 1. The van der Waals surface area contributed by atoms with E-state index in [1.54, 1.807) is 19.1 Å². The van der Waals surface area contributed by atoms with Crippen molar-refractivity contribution in [2.75, 3.05) is 5.73 Å². The molecule has 0 aliphatic heterocycles. The average Bonchev–Trinajstić information content (AvgIpc) is 2.46. The van der Waals surface area contributed by atoms with Gasteiger partial charge in [-0.1, -0.05) is 18.1 Å². The van der Waals surface area contributed by atoms with Crippen molar-refractivity contribution in [2.24, 2.45) is 0 Å². The van der Waals surface area contributed by atoms with Crippen molar-refractivity contribution in [1.29, 1.82) is 5.41 Å². The maximum Gasteiger partial charge on any atom is 0.159 e. The summed E-state index contributed by atoms with van der Waals surface area (Å²) in [7, 11) is 0. The van der Waals surface area contributed by atoms with Gasteiger partial charge in [-0.25, -0.2) is 9.97 Å². The van der Waals surface area contributed by atoms with Gasteiger partial charge in [0.15, 0.2) is 5.78 Å². The molecule has 0 spiro atoms. The van der Waals surface area contributed by atoms with Crippen LogP contribution in [-0.2, 0) is 0 Å². The fraction of sp³-hybridized carbons (Fsp3) is 0.176. The van der Waals surface area contributed by atoms with Crippen LogP contribution in [0.4, 0.5) is 5.82 Å². The average molecular weight is 292 g/mol. The van der Waals surface area contributed by atoms with Gasteiger partial charge in [-0.2, -0.15) is 0 Å². The van der Waals surface area contributed by atoms with Crippen LogP contribution in [0.3, 0.4) is 0 Å². The first-order valence-corrected chi connectivity index (χ1v) is 6.69. The van der Waals surface area contributed by atoms with Crippen LogP contribution < -0.4 is 5.73 Å². The van der Waals surface area contributed by atoms with Crippen molar-refractivity contribution < 1.29 is 4.79 Å². The number of Topliss-reactive ketones (excluding diaryl/α,β-unsaturated/α-hetero) is 1. The minimum absolute atomic E-state index is 0.0188. The lowest BCUT2D eigenvalue weighted by molar-refractivity contribution is 0.101. The fourth-order valence-corrected chi connectivity index (χ4v) is 1.97. The van der Waals surface area contributed by atoms with Crippen LogP contribution in [0.5, 0.6) is 0 Å². The number of rotatable bonds is 2. The molecule has 0 aliphatic rings. The molecule has 0 saturated heterocycles. The molecule has 2 aromatic rings. The summed E-state index contributed by atoms with van der Waals surface area (Å²) < 4.78 is 0. The number of carbonyl (C=O) groups excluding carboxylic acids is 1. The number of ketones is 1. The predicted molar refractivity (Wildman–Crippen MR) is 86.1 cm³/mol. The Hall–Kier alpha value is -3.00. The lowest BCUT2D eigenvalue weighted by Gasteiger charge is -2.04. The first kappa shape index (κ1) is 15.4. The number of anilines is 1. The maximum absolute atomic E-state index is 11.4. The molecule has 0 amide bonds. The van der Waals surface area contributed by atoms with Gasteiger partial charge in [0.2, 0.25) is 0 Å². The maximum atomic E-state index is 11.4. The van der Waals surface area contributed by atoms with Crippen molar-refractivity contribution in [3.63, 3.8) is 0 Å². The molecule has 0 atom stereocenters. The van der Waals surface area contributed by atoms with E-state index in [2.05, 4.69) is 21.8 Å². The molecular weight excluding hydrogens is 276 g/mol. The second-order valence-corrected chi connectivity index (χ2v) is 4.93. The molecule has 2 rings (SSSR count). The lowest BCUT2D eigenvalue weighted by Crippen LogP contribution is -2.08. The van der Waals surface area contributed by atoms with Gasteiger partial charge in [0.1, 0.15) is 17.9 Å². The van der Waals surface area contributed by atoms with Crippen molar-refractivity contribution in [1.82, 2.24) is 9.97 Å². The number of aromatic nitrogens is 2. The smallest absolute Gasteiger partial charge is 0.159 e. The molecule has 0 radical (unpaired) electrons. The third-order valence-electron chi connectivity index (χ3n) is 3.28. The zero-order chi connectivity index (χ0) is 16.3. The second kappa shape index (κ2) is 6.19. The van der Waals surface area contributed by atoms with Gasteiger partial charge in [0.05, 0.1) is 11.3 Å². The van der Waals surface area contributed by atoms with Crippen molar-refractivity contribution >= 4 is 17.3 Å². The van der Waals surface area contributed by atoms with Crippen LogP contribution in [0.1, 0.15) is 39.7 Å². The molecule has 0 saturated carbocycles. The Morgan fingerprint density at radius 1 is 1.27 bits per heavy atom. The highest BCUT2D eigenvalue weighted by atomic mass is 16.1. The van der Waals surface area contributed by atoms with E-state index >= 15 is 0 Å². The van der Waals surface area contributed by atoms with Crippen LogP contribution in [0.25, 0.3) is 0 Å².